The van der Waals surface area contributed by atoms with E-state index in [2.05, 4.69) is 55.6 Å². The normalized spacial score (nSPS) is 14.7. The summed E-state index contributed by atoms with van der Waals surface area (Å²) in [6.45, 7) is 0.616. The van der Waals surface area contributed by atoms with Crippen molar-refractivity contribution < 1.29 is 4.79 Å². The topological polar surface area (TPSA) is 95.1 Å². The smallest absolute Gasteiger partial charge is 0.212 e. The summed E-state index contributed by atoms with van der Waals surface area (Å²) in [5, 5.41) is 14.5. The first-order chi connectivity index (χ1) is 16.6. The zero-order valence-corrected chi connectivity index (χ0v) is 19.9. The summed E-state index contributed by atoms with van der Waals surface area (Å²) in [5.41, 5.74) is 5.00. The SMILES string of the molecule is N#Cc1cc(Cl)sc1C1CC1.O=CNc1cc(NCc2cn3cc(C4CC4)ccc3n2)ccn1. The van der Waals surface area contributed by atoms with E-state index in [9.17, 15) is 4.79 Å². The number of amides is 1. The van der Waals surface area contributed by atoms with Crippen LogP contribution in [-0.4, -0.2) is 20.8 Å². The third-order valence-corrected chi connectivity index (χ3v) is 7.24. The Bertz CT molecular complexity index is 1370. The van der Waals surface area contributed by atoms with Gasteiger partial charge in [0, 0.05) is 35.2 Å². The Hall–Kier alpha value is -3.41. The van der Waals surface area contributed by atoms with E-state index in [4.69, 9.17) is 16.9 Å². The third-order valence-electron chi connectivity index (χ3n) is 5.81. The summed E-state index contributed by atoms with van der Waals surface area (Å²) < 4.78 is 2.83. The van der Waals surface area contributed by atoms with Crippen LogP contribution in [-0.2, 0) is 11.3 Å². The number of hydrogen-bond donors (Lipinski definition) is 2. The number of hydrogen-bond acceptors (Lipinski definition) is 6. The van der Waals surface area contributed by atoms with Gasteiger partial charge in [0.2, 0.25) is 6.41 Å². The van der Waals surface area contributed by atoms with Crippen LogP contribution in [0.3, 0.4) is 0 Å². The monoisotopic (exact) mass is 490 g/mol. The molecule has 0 aromatic carbocycles. The van der Waals surface area contributed by atoms with Crippen molar-refractivity contribution in [2.75, 3.05) is 10.6 Å². The first-order valence-corrected chi connectivity index (χ1v) is 12.4. The lowest BCUT2D eigenvalue weighted by atomic mass is 10.2. The van der Waals surface area contributed by atoms with E-state index in [1.807, 2.05) is 6.07 Å². The molecule has 0 atom stereocenters. The Morgan fingerprint density at radius 1 is 1.18 bits per heavy atom. The van der Waals surface area contributed by atoms with Crippen LogP contribution >= 0.6 is 22.9 Å². The molecule has 2 aliphatic rings. The second kappa shape index (κ2) is 9.84. The number of rotatable bonds is 7. The minimum atomic E-state index is 0.522. The molecule has 1 amide bonds. The molecule has 34 heavy (non-hydrogen) atoms. The number of halogens is 1. The molecule has 0 bridgehead atoms. The summed E-state index contributed by atoms with van der Waals surface area (Å²) >= 11 is 7.34. The molecule has 2 N–H and O–H groups in total. The van der Waals surface area contributed by atoms with Crippen molar-refractivity contribution in [2.24, 2.45) is 0 Å². The van der Waals surface area contributed by atoms with Gasteiger partial charge in [-0.05, 0) is 61.3 Å². The highest BCUT2D eigenvalue weighted by molar-refractivity contribution is 7.16. The summed E-state index contributed by atoms with van der Waals surface area (Å²) in [7, 11) is 0. The van der Waals surface area contributed by atoms with Gasteiger partial charge in [0.25, 0.3) is 0 Å². The van der Waals surface area contributed by atoms with Gasteiger partial charge in [-0.1, -0.05) is 17.7 Å². The van der Waals surface area contributed by atoms with Crippen molar-refractivity contribution >= 4 is 46.5 Å². The van der Waals surface area contributed by atoms with Crippen LogP contribution in [0.15, 0.2) is 48.9 Å². The van der Waals surface area contributed by atoms with Crippen LogP contribution < -0.4 is 10.6 Å². The maximum atomic E-state index is 10.5. The number of nitriles is 1. The number of carbonyl (C=O) groups excluding carboxylic acids is 1. The Morgan fingerprint density at radius 2 is 2.00 bits per heavy atom. The molecule has 2 fully saturated rings. The minimum Gasteiger partial charge on any atom is -0.379 e. The van der Waals surface area contributed by atoms with Crippen LogP contribution in [0.2, 0.25) is 4.34 Å². The predicted molar refractivity (Wildman–Crippen MR) is 134 cm³/mol. The lowest BCUT2D eigenvalue weighted by Crippen LogP contribution is -2.02. The molecular weight excluding hydrogens is 468 g/mol. The number of fused-ring (bicyclic) bond motifs is 1. The average Bonchev–Trinajstić information content (AvgIpc) is 3.78. The fraction of sp³-hybridized carbons (Fsp3) is 0.280. The van der Waals surface area contributed by atoms with E-state index in [1.165, 1.54) is 36.1 Å². The largest absolute Gasteiger partial charge is 0.379 e. The first kappa shape index (κ1) is 22.4. The van der Waals surface area contributed by atoms with E-state index in [0.717, 1.165) is 32.8 Å². The highest BCUT2D eigenvalue weighted by Crippen LogP contribution is 2.46. The number of nitrogens with zero attached hydrogens (tertiary/aromatic N) is 4. The minimum absolute atomic E-state index is 0.522. The van der Waals surface area contributed by atoms with Crippen LogP contribution in [0.25, 0.3) is 5.65 Å². The Labute approximate surface area is 206 Å². The van der Waals surface area contributed by atoms with Crippen LogP contribution in [0.4, 0.5) is 11.5 Å². The van der Waals surface area contributed by atoms with Gasteiger partial charge in [0.1, 0.15) is 17.5 Å². The Morgan fingerprint density at radius 3 is 2.74 bits per heavy atom. The van der Waals surface area contributed by atoms with E-state index >= 15 is 0 Å². The summed E-state index contributed by atoms with van der Waals surface area (Å²) in [6, 6.07) is 11.8. The molecule has 172 valence electrons. The number of carbonyl (C=O) groups is 1. The first-order valence-electron chi connectivity index (χ1n) is 11.2. The number of imidazole rings is 1. The number of pyridine rings is 2. The Kier molecular flexibility index (Phi) is 6.48. The van der Waals surface area contributed by atoms with E-state index in [-0.39, 0.29) is 0 Å². The zero-order chi connectivity index (χ0) is 23.5. The third kappa shape index (κ3) is 5.38. The maximum absolute atomic E-state index is 10.5. The van der Waals surface area contributed by atoms with Gasteiger partial charge >= 0.3 is 0 Å². The molecule has 0 radical (unpaired) electrons. The van der Waals surface area contributed by atoms with Crippen molar-refractivity contribution in [1.82, 2.24) is 14.4 Å². The van der Waals surface area contributed by atoms with Gasteiger partial charge in [0.15, 0.2) is 0 Å². The van der Waals surface area contributed by atoms with Crippen LogP contribution in [0.5, 0.6) is 0 Å². The molecule has 4 heterocycles. The molecule has 2 aliphatic carbocycles. The Balaban J connectivity index is 0.000000183. The van der Waals surface area contributed by atoms with Gasteiger partial charge < -0.3 is 15.0 Å². The number of anilines is 2. The predicted octanol–water partition coefficient (Wildman–Crippen LogP) is 5.94. The van der Waals surface area contributed by atoms with Gasteiger partial charge in [-0.2, -0.15) is 5.26 Å². The average molecular weight is 491 g/mol. The van der Waals surface area contributed by atoms with Crippen LogP contribution in [0, 0.1) is 11.3 Å². The fourth-order valence-corrected chi connectivity index (χ4v) is 5.15. The number of nitrogens with one attached hydrogen (secondary N) is 2. The fourth-order valence-electron chi connectivity index (χ4n) is 3.79. The van der Waals surface area contributed by atoms with E-state index in [1.54, 1.807) is 29.7 Å². The molecule has 6 rings (SSSR count). The summed E-state index contributed by atoms with van der Waals surface area (Å²) in [6.07, 6.45) is 11.6. The maximum Gasteiger partial charge on any atom is 0.212 e. The second-order valence-corrected chi connectivity index (χ2v) is 10.2. The number of aromatic nitrogens is 3. The van der Waals surface area contributed by atoms with Gasteiger partial charge in [-0.25, -0.2) is 9.97 Å². The van der Waals surface area contributed by atoms with Crippen molar-refractivity contribution in [3.63, 3.8) is 0 Å². The molecule has 9 heteroatoms. The molecule has 0 unspecified atom stereocenters. The number of thiophene rings is 1. The zero-order valence-electron chi connectivity index (χ0n) is 18.4. The van der Waals surface area contributed by atoms with E-state index < -0.39 is 0 Å². The summed E-state index contributed by atoms with van der Waals surface area (Å²) in [5.74, 6) is 1.90. The van der Waals surface area contributed by atoms with Crippen LogP contribution in [0.1, 0.15) is 59.2 Å². The van der Waals surface area contributed by atoms with Crippen molar-refractivity contribution in [3.05, 3.63) is 75.0 Å². The quantitative estimate of drug-likeness (QED) is 0.313. The van der Waals surface area contributed by atoms with Crippen molar-refractivity contribution in [2.45, 2.75) is 44.1 Å². The lowest BCUT2D eigenvalue weighted by Gasteiger charge is -2.05. The van der Waals surface area contributed by atoms with Gasteiger partial charge in [-0.3, -0.25) is 4.79 Å². The second-order valence-electron chi connectivity index (χ2n) is 8.49. The highest BCUT2D eigenvalue weighted by Gasteiger charge is 2.28. The van der Waals surface area contributed by atoms with Crippen molar-refractivity contribution in [3.8, 4) is 6.07 Å². The molecule has 0 spiro atoms. The summed E-state index contributed by atoms with van der Waals surface area (Å²) in [4.78, 5) is 20.3. The highest BCUT2D eigenvalue weighted by atomic mass is 35.5. The molecule has 0 aliphatic heterocycles. The molecule has 4 aromatic rings. The molecular formula is C25H23ClN6OS. The lowest BCUT2D eigenvalue weighted by molar-refractivity contribution is -0.105. The van der Waals surface area contributed by atoms with Gasteiger partial charge in [-0.15, -0.1) is 11.3 Å². The molecule has 4 aromatic heterocycles. The standard InChI is InChI=1S/C17H17N5O.C8H6ClNS/c23-11-20-16-7-14(5-6-18-16)19-8-15-10-22-9-13(12-1-2-12)3-4-17(22)21-15;9-7-3-6(4-10)8(11-7)5-1-2-5/h3-7,9-12H,1-2,8H2,(H2,18,19,20,23);3,5H,1-2H2. The van der Waals surface area contributed by atoms with E-state index in [0.29, 0.717) is 24.7 Å². The van der Waals surface area contributed by atoms with Gasteiger partial charge in [0.05, 0.1) is 22.1 Å². The molecule has 0 saturated heterocycles. The molecule has 2 saturated carbocycles. The molecule has 7 nitrogen and oxygen atoms in total. The van der Waals surface area contributed by atoms with Crippen molar-refractivity contribution in [1.29, 1.82) is 5.26 Å².